The van der Waals surface area contributed by atoms with E-state index >= 15 is 0 Å². The molecule has 4 heteroatoms. The van der Waals surface area contributed by atoms with E-state index in [1.165, 1.54) is 24.0 Å². The molecule has 1 amide bonds. The largest absolute Gasteiger partial charge is 0.481 e. The molecule has 0 heterocycles. The van der Waals surface area contributed by atoms with Crippen molar-refractivity contribution in [1.29, 1.82) is 0 Å². The lowest BCUT2D eigenvalue weighted by molar-refractivity contribution is -0.143. The summed E-state index contributed by atoms with van der Waals surface area (Å²) < 4.78 is 0. The molecular weight excluding hydrogens is 350 g/mol. The number of carboxylic acid groups (broad SMARTS) is 1. The summed E-state index contributed by atoms with van der Waals surface area (Å²) in [5, 5.41) is 12.6. The SMILES string of the molecule is CC[C@@H](C(=O)O)[C@H](NC(=O)Cc1ccc2c(c1)CCCC2)c1ccc(C)cc1. The van der Waals surface area contributed by atoms with Crippen molar-refractivity contribution in [3.8, 4) is 0 Å². The van der Waals surface area contributed by atoms with Crippen molar-refractivity contribution >= 4 is 11.9 Å². The van der Waals surface area contributed by atoms with Gasteiger partial charge in [-0.1, -0.05) is 55.0 Å². The van der Waals surface area contributed by atoms with Gasteiger partial charge in [0, 0.05) is 0 Å². The van der Waals surface area contributed by atoms with Crippen LogP contribution in [0.5, 0.6) is 0 Å². The second-order valence-electron chi connectivity index (χ2n) is 7.80. The van der Waals surface area contributed by atoms with Crippen LogP contribution in [0, 0.1) is 12.8 Å². The predicted octanol–water partition coefficient (Wildman–Crippen LogP) is 4.38. The van der Waals surface area contributed by atoms with E-state index in [0.29, 0.717) is 6.42 Å². The highest BCUT2D eigenvalue weighted by molar-refractivity contribution is 5.80. The lowest BCUT2D eigenvalue weighted by Gasteiger charge is -2.25. The first-order chi connectivity index (χ1) is 13.5. The summed E-state index contributed by atoms with van der Waals surface area (Å²) in [4.78, 5) is 24.5. The summed E-state index contributed by atoms with van der Waals surface area (Å²) in [5.74, 6) is -1.68. The van der Waals surface area contributed by atoms with Gasteiger partial charge in [-0.05, 0) is 61.3 Å². The van der Waals surface area contributed by atoms with Gasteiger partial charge in [0.1, 0.15) is 0 Å². The molecule has 0 bridgehead atoms. The predicted molar refractivity (Wildman–Crippen MR) is 110 cm³/mol. The van der Waals surface area contributed by atoms with E-state index in [-0.39, 0.29) is 12.3 Å². The summed E-state index contributed by atoms with van der Waals surface area (Å²) in [6.45, 7) is 3.83. The van der Waals surface area contributed by atoms with Gasteiger partial charge in [-0.15, -0.1) is 0 Å². The normalized spacial score (nSPS) is 15.4. The van der Waals surface area contributed by atoms with Crippen molar-refractivity contribution < 1.29 is 14.7 Å². The minimum absolute atomic E-state index is 0.138. The van der Waals surface area contributed by atoms with E-state index in [9.17, 15) is 14.7 Å². The minimum Gasteiger partial charge on any atom is -0.481 e. The van der Waals surface area contributed by atoms with Crippen LogP contribution in [0.3, 0.4) is 0 Å². The fourth-order valence-electron chi connectivity index (χ4n) is 4.05. The lowest BCUT2D eigenvalue weighted by Crippen LogP contribution is -2.37. The molecule has 0 unspecified atom stereocenters. The Balaban J connectivity index is 1.77. The maximum absolute atomic E-state index is 12.8. The van der Waals surface area contributed by atoms with Crippen LogP contribution in [-0.4, -0.2) is 17.0 Å². The van der Waals surface area contributed by atoms with Gasteiger partial charge in [0.05, 0.1) is 18.4 Å². The molecule has 0 spiro atoms. The molecule has 2 aromatic rings. The Morgan fingerprint density at radius 2 is 1.71 bits per heavy atom. The van der Waals surface area contributed by atoms with Crippen molar-refractivity contribution in [2.24, 2.45) is 5.92 Å². The fourth-order valence-corrected chi connectivity index (χ4v) is 4.05. The second-order valence-corrected chi connectivity index (χ2v) is 7.80. The zero-order valence-electron chi connectivity index (χ0n) is 16.7. The Kier molecular flexibility index (Phi) is 6.50. The van der Waals surface area contributed by atoms with Crippen LogP contribution in [0.4, 0.5) is 0 Å². The molecule has 2 N–H and O–H groups in total. The molecule has 1 aliphatic carbocycles. The van der Waals surface area contributed by atoms with Gasteiger partial charge in [0.25, 0.3) is 0 Å². The van der Waals surface area contributed by atoms with E-state index < -0.39 is 17.9 Å². The van der Waals surface area contributed by atoms with Crippen molar-refractivity contribution in [2.75, 3.05) is 0 Å². The molecule has 0 saturated heterocycles. The third-order valence-electron chi connectivity index (χ3n) is 5.69. The Bertz CT molecular complexity index is 841. The average Bonchev–Trinajstić information content (AvgIpc) is 2.68. The number of aryl methyl sites for hydroxylation is 3. The Labute approximate surface area is 167 Å². The van der Waals surface area contributed by atoms with Crippen LogP contribution in [0.1, 0.15) is 60.0 Å². The first kappa shape index (κ1) is 20.1. The zero-order chi connectivity index (χ0) is 20.1. The number of rotatable bonds is 7. The van der Waals surface area contributed by atoms with Crippen molar-refractivity contribution in [3.05, 3.63) is 70.3 Å². The number of benzene rings is 2. The van der Waals surface area contributed by atoms with Crippen LogP contribution in [-0.2, 0) is 28.9 Å². The Morgan fingerprint density at radius 3 is 2.36 bits per heavy atom. The van der Waals surface area contributed by atoms with Crippen LogP contribution >= 0.6 is 0 Å². The summed E-state index contributed by atoms with van der Waals surface area (Å²) in [7, 11) is 0. The van der Waals surface area contributed by atoms with Crippen LogP contribution < -0.4 is 5.32 Å². The molecule has 0 radical (unpaired) electrons. The van der Waals surface area contributed by atoms with Gasteiger partial charge in [-0.25, -0.2) is 0 Å². The number of nitrogens with one attached hydrogen (secondary N) is 1. The molecule has 0 aliphatic heterocycles. The third-order valence-corrected chi connectivity index (χ3v) is 5.69. The highest BCUT2D eigenvalue weighted by Gasteiger charge is 2.29. The number of carbonyl (C=O) groups is 2. The highest BCUT2D eigenvalue weighted by atomic mass is 16.4. The summed E-state index contributed by atoms with van der Waals surface area (Å²) in [5.41, 5.74) is 5.67. The van der Waals surface area contributed by atoms with E-state index in [1.807, 2.05) is 44.2 Å². The van der Waals surface area contributed by atoms with Gasteiger partial charge in [-0.3, -0.25) is 9.59 Å². The average molecular weight is 380 g/mol. The molecule has 4 nitrogen and oxygen atoms in total. The van der Waals surface area contributed by atoms with Gasteiger partial charge in [-0.2, -0.15) is 0 Å². The standard InChI is InChI=1S/C24H29NO3/c1-3-21(24(27)28)23(19-11-8-16(2)9-12-19)25-22(26)15-17-10-13-18-6-4-5-7-20(18)14-17/h8-14,21,23H,3-7,15H2,1-2H3,(H,25,26)(H,27,28)/t21-,23-/m1/s1. The quantitative estimate of drug-likeness (QED) is 0.750. The van der Waals surface area contributed by atoms with Crippen LogP contribution in [0.15, 0.2) is 42.5 Å². The molecule has 3 rings (SSSR count). The first-order valence-electron chi connectivity index (χ1n) is 10.2. The van der Waals surface area contributed by atoms with Crippen molar-refractivity contribution in [1.82, 2.24) is 5.32 Å². The second kappa shape index (κ2) is 9.05. The number of hydrogen-bond acceptors (Lipinski definition) is 2. The molecular formula is C24H29NO3. The molecule has 148 valence electrons. The third kappa shape index (κ3) is 4.80. The highest BCUT2D eigenvalue weighted by Crippen LogP contribution is 2.26. The number of carboxylic acids is 1. The lowest BCUT2D eigenvalue weighted by atomic mass is 9.89. The molecule has 2 aromatic carbocycles. The van der Waals surface area contributed by atoms with Gasteiger partial charge >= 0.3 is 5.97 Å². The monoisotopic (exact) mass is 379 g/mol. The zero-order valence-corrected chi connectivity index (χ0v) is 16.7. The number of fused-ring (bicyclic) bond motifs is 1. The van der Waals surface area contributed by atoms with Gasteiger partial charge in [0.15, 0.2) is 0 Å². The number of hydrogen-bond donors (Lipinski definition) is 2. The maximum atomic E-state index is 12.8. The number of aliphatic carboxylic acids is 1. The molecule has 0 saturated carbocycles. The minimum atomic E-state index is -0.887. The topological polar surface area (TPSA) is 66.4 Å². The summed E-state index contributed by atoms with van der Waals surface area (Å²) >= 11 is 0. The van der Waals surface area contributed by atoms with Crippen molar-refractivity contribution in [3.63, 3.8) is 0 Å². The fraction of sp³-hybridized carbons (Fsp3) is 0.417. The number of carbonyl (C=O) groups excluding carboxylic acids is 1. The molecule has 28 heavy (non-hydrogen) atoms. The first-order valence-corrected chi connectivity index (χ1v) is 10.2. The molecule has 2 atom stereocenters. The van der Waals surface area contributed by atoms with Gasteiger partial charge < -0.3 is 10.4 Å². The number of amides is 1. The molecule has 0 aromatic heterocycles. The van der Waals surface area contributed by atoms with Gasteiger partial charge in [0.2, 0.25) is 5.91 Å². The van der Waals surface area contributed by atoms with Crippen LogP contribution in [0.25, 0.3) is 0 Å². The van der Waals surface area contributed by atoms with E-state index in [0.717, 1.165) is 29.5 Å². The molecule has 1 aliphatic rings. The van der Waals surface area contributed by atoms with E-state index in [2.05, 4.69) is 17.4 Å². The Hall–Kier alpha value is -2.62. The molecule has 0 fully saturated rings. The smallest absolute Gasteiger partial charge is 0.308 e. The Morgan fingerprint density at radius 1 is 1.04 bits per heavy atom. The van der Waals surface area contributed by atoms with Crippen LogP contribution in [0.2, 0.25) is 0 Å². The maximum Gasteiger partial charge on any atom is 0.308 e. The van der Waals surface area contributed by atoms with E-state index in [4.69, 9.17) is 0 Å². The van der Waals surface area contributed by atoms with E-state index in [1.54, 1.807) is 0 Å². The van der Waals surface area contributed by atoms with Crippen molar-refractivity contribution in [2.45, 2.75) is 58.4 Å². The summed E-state index contributed by atoms with van der Waals surface area (Å²) in [6.07, 6.45) is 5.36. The summed E-state index contributed by atoms with van der Waals surface area (Å²) in [6, 6.07) is 13.5.